The van der Waals surface area contributed by atoms with Crippen molar-refractivity contribution in [1.82, 2.24) is 9.88 Å². The van der Waals surface area contributed by atoms with E-state index >= 15 is 0 Å². The summed E-state index contributed by atoms with van der Waals surface area (Å²) in [7, 11) is 0. The standard InChI is InChI=1S/C13H16N4O/c1-9(2)17-7-6-11(13(17)18)16-12-5-3-4-10(8-14)15-12/h3-5,9,11H,6-7H2,1-2H3,(H,15,16). The van der Waals surface area contributed by atoms with Crippen molar-refractivity contribution in [2.45, 2.75) is 32.4 Å². The van der Waals surface area contributed by atoms with Crippen LogP contribution in [0.4, 0.5) is 5.82 Å². The first-order valence-electron chi connectivity index (χ1n) is 6.06. The van der Waals surface area contributed by atoms with Crippen molar-refractivity contribution in [3.05, 3.63) is 23.9 Å². The predicted octanol–water partition coefficient (Wildman–Crippen LogP) is 1.37. The van der Waals surface area contributed by atoms with Crippen molar-refractivity contribution < 1.29 is 4.79 Å². The zero-order chi connectivity index (χ0) is 13.1. The maximum Gasteiger partial charge on any atom is 0.245 e. The van der Waals surface area contributed by atoms with Gasteiger partial charge >= 0.3 is 0 Å². The third kappa shape index (κ3) is 2.43. The summed E-state index contributed by atoms with van der Waals surface area (Å²) in [5, 5.41) is 11.9. The predicted molar refractivity (Wildman–Crippen MR) is 67.8 cm³/mol. The topological polar surface area (TPSA) is 69.0 Å². The van der Waals surface area contributed by atoms with Gasteiger partial charge in [-0.25, -0.2) is 4.98 Å². The number of anilines is 1. The van der Waals surface area contributed by atoms with Crippen LogP contribution in [0.3, 0.4) is 0 Å². The molecule has 1 unspecified atom stereocenters. The Morgan fingerprint density at radius 2 is 2.33 bits per heavy atom. The molecule has 18 heavy (non-hydrogen) atoms. The number of aromatic nitrogens is 1. The number of carbonyl (C=O) groups excluding carboxylic acids is 1. The highest BCUT2D eigenvalue weighted by molar-refractivity contribution is 5.86. The molecular formula is C13H16N4O. The molecule has 1 aliphatic rings. The monoisotopic (exact) mass is 244 g/mol. The molecule has 0 aromatic carbocycles. The Hall–Kier alpha value is -2.09. The Balaban J connectivity index is 2.07. The molecule has 94 valence electrons. The van der Waals surface area contributed by atoms with Gasteiger partial charge in [-0.2, -0.15) is 5.26 Å². The van der Waals surface area contributed by atoms with Crippen molar-refractivity contribution in [2.24, 2.45) is 0 Å². The van der Waals surface area contributed by atoms with Gasteiger partial charge in [0, 0.05) is 12.6 Å². The van der Waals surface area contributed by atoms with Crippen LogP contribution < -0.4 is 5.32 Å². The second-order valence-electron chi connectivity index (χ2n) is 4.63. The second-order valence-corrected chi connectivity index (χ2v) is 4.63. The molecule has 0 bridgehead atoms. The highest BCUT2D eigenvalue weighted by Crippen LogP contribution is 2.18. The number of hydrogen-bond donors (Lipinski definition) is 1. The van der Waals surface area contributed by atoms with Gasteiger partial charge in [-0.3, -0.25) is 4.79 Å². The molecule has 1 aromatic heterocycles. The van der Waals surface area contributed by atoms with Crippen LogP contribution in [-0.2, 0) is 4.79 Å². The van der Waals surface area contributed by atoms with E-state index in [9.17, 15) is 4.79 Å². The van der Waals surface area contributed by atoms with Gasteiger partial charge < -0.3 is 10.2 Å². The average molecular weight is 244 g/mol. The summed E-state index contributed by atoms with van der Waals surface area (Å²) in [4.78, 5) is 18.0. The molecule has 1 atom stereocenters. The van der Waals surface area contributed by atoms with E-state index in [1.807, 2.05) is 24.8 Å². The van der Waals surface area contributed by atoms with Crippen LogP contribution in [-0.4, -0.2) is 34.4 Å². The van der Waals surface area contributed by atoms with Crippen molar-refractivity contribution in [3.63, 3.8) is 0 Å². The summed E-state index contributed by atoms with van der Waals surface area (Å²) in [6.07, 6.45) is 0.773. The van der Waals surface area contributed by atoms with Gasteiger partial charge in [0.2, 0.25) is 5.91 Å². The highest BCUT2D eigenvalue weighted by atomic mass is 16.2. The maximum atomic E-state index is 12.1. The van der Waals surface area contributed by atoms with Crippen molar-refractivity contribution in [1.29, 1.82) is 5.26 Å². The lowest BCUT2D eigenvalue weighted by Crippen LogP contribution is -2.37. The first-order valence-corrected chi connectivity index (χ1v) is 6.06. The van der Waals surface area contributed by atoms with Gasteiger partial charge in [-0.05, 0) is 32.4 Å². The minimum Gasteiger partial charge on any atom is -0.358 e. The summed E-state index contributed by atoms with van der Waals surface area (Å²) in [5.74, 6) is 0.687. The number of nitrogens with zero attached hydrogens (tertiary/aromatic N) is 3. The molecule has 0 aliphatic carbocycles. The van der Waals surface area contributed by atoms with Crippen molar-refractivity contribution >= 4 is 11.7 Å². The van der Waals surface area contributed by atoms with Crippen LogP contribution in [0.25, 0.3) is 0 Å². The minimum atomic E-state index is -0.228. The van der Waals surface area contributed by atoms with Crippen LogP contribution in [0.5, 0.6) is 0 Å². The number of carbonyl (C=O) groups is 1. The Kier molecular flexibility index (Phi) is 3.47. The molecule has 0 radical (unpaired) electrons. The molecule has 1 N–H and O–H groups in total. The largest absolute Gasteiger partial charge is 0.358 e. The third-order valence-electron chi connectivity index (χ3n) is 3.05. The van der Waals surface area contributed by atoms with Gasteiger partial charge in [0.05, 0.1) is 0 Å². The summed E-state index contributed by atoms with van der Waals surface area (Å²) in [6, 6.07) is 7.15. The fourth-order valence-electron chi connectivity index (χ4n) is 2.10. The Labute approximate surface area is 106 Å². The Morgan fingerprint density at radius 1 is 1.56 bits per heavy atom. The number of pyridine rings is 1. The summed E-state index contributed by atoms with van der Waals surface area (Å²) >= 11 is 0. The highest BCUT2D eigenvalue weighted by Gasteiger charge is 2.32. The van der Waals surface area contributed by atoms with E-state index in [1.165, 1.54) is 0 Å². The van der Waals surface area contributed by atoms with Gasteiger partial charge in [-0.15, -0.1) is 0 Å². The van der Waals surface area contributed by atoms with Crippen LogP contribution in [0.2, 0.25) is 0 Å². The molecule has 1 aliphatic heterocycles. The summed E-state index contributed by atoms with van der Waals surface area (Å²) in [5.41, 5.74) is 0.353. The zero-order valence-electron chi connectivity index (χ0n) is 10.6. The van der Waals surface area contributed by atoms with E-state index < -0.39 is 0 Å². The zero-order valence-corrected chi connectivity index (χ0v) is 10.6. The fourth-order valence-corrected chi connectivity index (χ4v) is 2.10. The number of nitriles is 1. The Bertz CT molecular complexity index is 492. The van der Waals surface area contributed by atoms with Gasteiger partial charge in [0.25, 0.3) is 0 Å². The van der Waals surface area contributed by atoms with E-state index in [0.717, 1.165) is 13.0 Å². The van der Waals surface area contributed by atoms with Gasteiger partial charge in [0.1, 0.15) is 23.6 Å². The Morgan fingerprint density at radius 3 is 2.94 bits per heavy atom. The summed E-state index contributed by atoms with van der Waals surface area (Å²) in [6.45, 7) is 4.79. The van der Waals surface area contributed by atoms with E-state index in [4.69, 9.17) is 5.26 Å². The number of likely N-dealkylation sites (tertiary alicyclic amines) is 1. The lowest BCUT2D eigenvalue weighted by atomic mass is 10.2. The SMILES string of the molecule is CC(C)N1CCC(Nc2cccc(C#N)n2)C1=O. The maximum absolute atomic E-state index is 12.1. The molecular weight excluding hydrogens is 228 g/mol. The van der Waals surface area contributed by atoms with E-state index in [2.05, 4.69) is 10.3 Å². The molecule has 5 heteroatoms. The van der Waals surface area contributed by atoms with Crippen LogP contribution in [0.1, 0.15) is 26.0 Å². The molecule has 0 spiro atoms. The van der Waals surface area contributed by atoms with Gasteiger partial charge in [-0.1, -0.05) is 6.07 Å². The average Bonchev–Trinajstić information content (AvgIpc) is 2.71. The molecule has 1 saturated heterocycles. The molecule has 0 saturated carbocycles. The lowest BCUT2D eigenvalue weighted by Gasteiger charge is -2.21. The van der Waals surface area contributed by atoms with Crippen LogP contribution in [0.15, 0.2) is 18.2 Å². The number of hydrogen-bond acceptors (Lipinski definition) is 4. The first kappa shape index (κ1) is 12.4. The molecule has 1 aromatic rings. The van der Waals surface area contributed by atoms with E-state index in [0.29, 0.717) is 11.5 Å². The van der Waals surface area contributed by atoms with E-state index in [-0.39, 0.29) is 18.0 Å². The van der Waals surface area contributed by atoms with Crippen molar-refractivity contribution in [2.75, 3.05) is 11.9 Å². The summed E-state index contributed by atoms with van der Waals surface area (Å²) < 4.78 is 0. The van der Waals surface area contributed by atoms with Crippen molar-refractivity contribution in [3.8, 4) is 6.07 Å². The number of rotatable bonds is 3. The minimum absolute atomic E-state index is 0.106. The van der Waals surface area contributed by atoms with Gasteiger partial charge in [0.15, 0.2) is 0 Å². The van der Waals surface area contributed by atoms with E-state index in [1.54, 1.807) is 18.2 Å². The second kappa shape index (κ2) is 5.05. The quantitative estimate of drug-likeness (QED) is 0.872. The lowest BCUT2D eigenvalue weighted by molar-refractivity contribution is -0.129. The molecule has 2 heterocycles. The number of nitrogens with one attached hydrogen (secondary N) is 1. The molecule has 2 rings (SSSR count). The molecule has 1 amide bonds. The fraction of sp³-hybridized carbons (Fsp3) is 0.462. The van der Waals surface area contributed by atoms with Crippen LogP contribution in [0, 0.1) is 11.3 Å². The van der Waals surface area contributed by atoms with Crippen LogP contribution >= 0.6 is 0 Å². The third-order valence-corrected chi connectivity index (χ3v) is 3.05. The first-order chi connectivity index (χ1) is 8.61. The smallest absolute Gasteiger partial charge is 0.245 e. The molecule has 1 fully saturated rings. The molecule has 5 nitrogen and oxygen atoms in total. The normalized spacial score (nSPS) is 19.1. The number of amides is 1.